The molecule has 0 bridgehead atoms. The Morgan fingerprint density at radius 3 is 2.46 bits per heavy atom. The van der Waals surface area contributed by atoms with Gasteiger partial charge in [0, 0.05) is 12.5 Å². The first-order valence-electron chi connectivity index (χ1n) is 14.2. The van der Waals surface area contributed by atoms with Gasteiger partial charge in [-0.25, -0.2) is 18.4 Å². The van der Waals surface area contributed by atoms with Gasteiger partial charge in [-0.1, -0.05) is 33.8 Å². The Balaban J connectivity index is 1.32. The maximum Gasteiger partial charge on any atom is 0.355 e. The Morgan fingerprint density at radius 1 is 1.10 bits per heavy atom. The molecule has 7 nitrogen and oxygen atoms in total. The minimum absolute atomic E-state index is 0.0757. The molecule has 0 radical (unpaired) electrons. The molecule has 39 heavy (non-hydrogen) atoms. The van der Waals surface area contributed by atoms with E-state index in [2.05, 4.69) is 59.0 Å². The van der Waals surface area contributed by atoms with Crippen molar-refractivity contribution in [3.05, 3.63) is 47.2 Å². The quantitative estimate of drug-likeness (QED) is 0.343. The van der Waals surface area contributed by atoms with Gasteiger partial charge in [-0.2, -0.15) is 0 Å². The molecule has 3 aliphatic carbocycles. The van der Waals surface area contributed by atoms with Gasteiger partial charge in [0.2, 0.25) is 8.32 Å². The molecule has 0 saturated heterocycles. The number of aromatic nitrogens is 1. The highest BCUT2D eigenvalue weighted by Gasteiger charge is 2.56. The van der Waals surface area contributed by atoms with Crippen LogP contribution in [-0.4, -0.2) is 33.4 Å². The molecule has 1 aromatic heterocycles. The highest BCUT2D eigenvalue weighted by molar-refractivity contribution is 7.89. The number of hydrogen-bond acceptors (Lipinski definition) is 5. The topological polar surface area (TPSA) is 101 Å². The third-order valence-corrected chi connectivity index (χ3v) is 16.0. The second kappa shape index (κ2) is 9.48. The van der Waals surface area contributed by atoms with Crippen molar-refractivity contribution in [3.63, 3.8) is 0 Å². The number of primary sulfonamides is 1. The molecule has 2 saturated carbocycles. The Hall–Kier alpha value is -2.10. The van der Waals surface area contributed by atoms with Crippen LogP contribution in [0, 0.1) is 17.3 Å². The van der Waals surface area contributed by atoms with Crippen LogP contribution in [0.3, 0.4) is 0 Å². The minimum atomic E-state index is -3.91. The van der Waals surface area contributed by atoms with E-state index in [0.717, 1.165) is 44.3 Å². The van der Waals surface area contributed by atoms with Crippen molar-refractivity contribution in [2.24, 2.45) is 29.4 Å². The summed E-state index contributed by atoms with van der Waals surface area (Å²) in [5.74, 6) is 2.14. The van der Waals surface area contributed by atoms with Crippen LogP contribution in [0.5, 0.6) is 5.75 Å². The first-order chi connectivity index (χ1) is 18.0. The normalized spacial score (nSPS) is 28.8. The number of fused-ring (bicyclic) bond motifs is 5. The number of esters is 1. The summed E-state index contributed by atoms with van der Waals surface area (Å²) in [6.07, 6.45) is 6.02. The molecule has 2 N–H and O–H groups in total. The highest BCUT2D eigenvalue weighted by Crippen LogP contribution is 2.61. The van der Waals surface area contributed by atoms with Crippen molar-refractivity contribution in [2.75, 3.05) is 0 Å². The van der Waals surface area contributed by atoms with Crippen LogP contribution >= 0.6 is 0 Å². The predicted molar refractivity (Wildman–Crippen MR) is 155 cm³/mol. The van der Waals surface area contributed by atoms with Crippen LogP contribution in [0.4, 0.5) is 0 Å². The molecule has 1 aromatic carbocycles. The van der Waals surface area contributed by atoms with E-state index in [1.807, 2.05) is 0 Å². The molecule has 2 fully saturated rings. The van der Waals surface area contributed by atoms with E-state index in [1.165, 1.54) is 34.9 Å². The fourth-order valence-corrected chi connectivity index (χ4v) is 9.15. The smallest absolute Gasteiger partial charge is 0.355 e. The zero-order valence-electron chi connectivity index (χ0n) is 24.4. The number of hydrogen-bond donors (Lipinski definition) is 1. The van der Waals surface area contributed by atoms with Crippen LogP contribution in [0.1, 0.15) is 87.3 Å². The van der Waals surface area contributed by atoms with Crippen molar-refractivity contribution in [1.29, 1.82) is 0 Å². The average Bonchev–Trinajstić information content (AvgIpc) is 3.37. The number of nitrogens with zero attached hydrogens (tertiary/aromatic N) is 1. The van der Waals surface area contributed by atoms with E-state index in [4.69, 9.17) is 14.3 Å². The van der Waals surface area contributed by atoms with Gasteiger partial charge in [-0.15, -0.1) is 0 Å². The first kappa shape index (κ1) is 28.4. The van der Waals surface area contributed by atoms with Crippen molar-refractivity contribution < 1.29 is 22.4 Å². The molecule has 214 valence electrons. The number of nitrogens with two attached hydrogens (primary N) is 1. The van der Waals surface area contributed by atoms with E-state index in [9.17, 15) is 13.2 Å². The second-order valence-electron chi connectivity index (χ2n) is 13.8. The summed E-state index contributed by atoms with van der Waals surface area (Å²) in [6, 6.07) is 9.65. The van der Waals surface area contributed by atoms with Gasteiger partial charge in [0.15, 0.2) is 5.03 Å². The van der Waals surface area contributed by atoms with Gasteiger partial charge in [-0.3, -0.25) is 0 Å². The van der Waals surface area contributed by atoms with Crippen molar-refractivity contribution in [2.45, 2.75) is 101 Å². The van der Waals surface area contributed by atoms with Crippen LogP contribution < -0.4 is 9.56 Å². The third-order valence-electron chi connectivity index (χ3n) is 10.6. The molecule has 1 heterocycles. The van der Waals surface area contributed by atoms with E-state index >= 15 is 0 Å². The summed E-state index contributed by atoms with van der Waals surface area (Å²) >= 11 is 0. The lowest BCUT2D eigenvalue weighted by Gasteiger charge is -2.50. The maximum atomic E-state index is 13.1. The van der Waals surface area contributed by atoms with E-state index < -0.39 is 24.3 Å². The maximum absolute atomic E-state index is 13.1. The van der Waals surface area contributed by atoms with Gasteiger partial charge in [-0.05, 0) is 110 Å². The standard InChI is InChI=1S/C30H44N2O5SSi/c1-29(2,3)39(6,7)37-20-9-11-21-19(18-20)8-10-23-22(21)16-17-30(4)24(23)12-14-26(30)36-28(33)25-13-15-27(32(25)5)38(31,34)35/h9,11,13,15,18,22-24,26H,8,10,12,14,16-17H2,1-7H3,(H2,31,34,35)/t22?,23?,24?,26-,30-/m0/s1. The lowest BCUT2D eigenvalue weighted by atomic mass is 9.55. The number of aryl methyl sites for hydroxylation is 1. The van der Waals surface area contributed by atoms with Gasteiger partial charge in [0.05, 0.1) is 0 Å². The summed E-state index contributed by atoms with van der Waals surface area (Å²) in [6.45, 7) is 13.7. The van der Waals surface area contributed by atoms with Gasteiger partial charge in [0.25, 0.3) is 10.0 Å². The zero-order chi connectivity index (χ0) is 28.5. The van der Waals surface area contributed by atoms with E-state index in [0.29, 0.717) is 17.8 Å². The fraction of sp³-hybridized carbons (Fsp3) is 0.633. The predicted octanol–water partition coefficient (Wildman–Crippen LogP) is 6.14. The summed E-state index contributed by atoms with van der Waals surface area (Å²) in [5, 5.41) is 5.35. The van der Waals surface area contributed by atoms with Crippen molar-refractivity contribution >= 4 is 24.3 Å². The van der Waals surface area contributed by atoms with Gasteiger partial charge < -0.3 is 13.7 Å². The molecule has 2 aromatic rings. The molecular weight excluding hydrogens is 528 g/mol. The summed E-state index contributed by atoms with van der Waals surface area (Å²) in [5.41, 5.74) is 3.05. The molecule has 0 aliphatic heterocycles. The lowest BCUT2D eigenvalue weighted by molar-refractivity contribution is -0.0433. The SMILES string of the molecule is Cn1c(C(=O)O[C@H]2CCC3C4CCc5cc(O[Si](C)(C)C(C)(C)C)ccc5C4CC[C@@]32C)ccc1S(N)(=O)=O. The number of sulfonamides is 1. The first-order valence-corrected chi connectivity index (χ1v) is 18.7. The summed E-state index contributed by atoms with van der Waals surface area (Å²) in [4.78, 5) is 13.1. The van der Waals surface area contributed by atoms with Crippen LogP contribution in [-0.2, 0) is 28.2 Å². The van der Waals surface area contributed by atoms with Crippen LogP contribution in [0.15, 0.2) is 35.4 Å². The molecule has 3 aliphatic rings. The summed E-state index contributed by atoms with van der Waals surface area (Å²) in [7, 11) is -4.27. The Kier molecular flexibility index (Phi) is 6.91. The number of ether oxygens (including phenoxy) is 1. The minimum Gasteiger partial charge on any atom is -0.543 e. The fourth-order valence-electron chi connectivity index (χ4n) is 7.39. The number of carbonyl (C=O) groups excluding carboxylic acids is 1. The van der Waals surface area contributed by atoms with E-state index in [-0.39, 0.29) is 27.3 Å². The van der Waals surface area contributed by atoms with Crippen LogP contribution in [0.25, 0.3) is 0 Å². The van der Waals surface area contributed by atoms with Gasteiger partial charge in [0.1, 0.15) is 17.5 Å². The zero-order valence-corrected chi connectivity index (χ0v) is 26.2. The second-order valence-corrected chi connectivity index (χ2v) is 20.0. The van der Waals surface area contributed by atoms with Gasteiger partial charge >= 0.3 is 5.97 Å². The average molecular weight is 573 g/mol. The summed E-state index contributed by atoms with van der Waals surface area (Å²) < 4.78 is 37.7. The van der Waals surface area contributed by atoms with Crippen molar-refractivity contribution in [3.8, 4) is 5.75 Å². The number of benzene rings is 1. The van der Waals surface area contributed by atoms with Crippen molar-refractivity contribution in [1.82, 2.24) is 4.57 Å². The highest BCUT2D eigenvalue weighted by atomic mass is 32.2. The monoisotopic (exact) mass is 572 g/mol. The molecular formula is C30H44N2O5SSi. The number of rotatable bonds is 5. The Bertz CT molecular complexity index is 1390. The van der Waals surface area contributed by atoms with E-state index in [1.54, 1.807) is 0 Å². The molecule has 0 amide bonds. The number of carbonyl (C=O) groups is 1. The largest absolute Gasteiger partial charge is 0.543 e. The lowest BCUT2D eigenvalue weighted by Crippen LogP contribution is -2.45. The molecule has 0 spiro atoms. The molecule has 5 rings (SSSR count). The molecule has 5 atom stereocenters. The molecule has 3 unspecified atom stereocenters. The van der Waals surface area contributed by atoms with Crippen LogP contribution in [0.2, 0.25) is 18.1 Å². The Labute approximate surface area is 234 Å². The molecule has 9 heteroatoms. The third kappa shape index (κ3) is 4.88. The Morgan fingerprint density at radius 2 is 1.82 bits per heavy atom.